The van der Waals surface area contributed by atoms with Crippen molar-refractivity contribution < 1.29 is 14.7 Å². The van der Waals surface area contributed by atoms with Gasteiger partial charge in [-0.2, -0.15) is 0 Å². The van der Waals surface area contributed by atoms with E-state index in [1.807, 2.05) is 6.92 Å². The van der Waals surface area contributed by atoms with Crippen molar-refractivity contribution in [2.75, 3.05) is 6.54 Å². The molecule has 2 atom stereocenters. The van der Waals surface area contributed by atoms with E-state index >= 15 is 0 Å². The van der Waals surface area contributed by atoms with Crippen LogP contribution in [0.4, 0.5) is 0 Å². The van der Waals surface area contributed by atoms with Crippen molar-refractivity contribution in [3.05, 3.63) is 0 Å². The Morgan fingerprint density at radius 3 is 2.50 bits per heavy atom. The second-order valence-corrected chi connectivity index (χ2v) is 5.40. The van der Waals surface area contributed by atoms with Gasteiger partial charge in [0.1, 0.15) is 6.04 Å². The van der Waals surface area contributed by atoms with Gasteiger partial charge >= 0.3 is 5.97 Å². The predicted octanol–water partition coefficient (Wildman–Crippen LogP) is 1.13. The summed E-state index contributed by atoms with van der Waals surface area (Å²) in [5, 5.41) is 15.0. The van der Waals surface area contributed by atoms with Gasteiger partial charge in [0.15, 0.2) is 0 Å². The van der Waals surface area contributed by atoms with Crippen molar-refractivity contribution >= 4 is 11.9 Å². The van der Waals surface area contributed by atoms with Gasteiger partial charge in [-0.15, -0.1) is 0 Å². The Hall–Kier alpha value is -1.10. The molecule has 1 amide bonds. The van der Waals surface area contributed by atoms with Crippen molar-refractivity contribution in [2.24, 2.45) is 5.92 Å². The van der Waals surface area contributed by atoms with Crippen LogP contribution < -0.4 is 10.6 Å². The molecular formula is C13H24N2O3. The van der Waals surface area contributed by atoms with Crippen LogP contribution in [0.3, 0.4) is 0 Å². The van der Waals surface area contributed by atoms with E-state index < -0.39 is 17.6 Å². The lowest BCUT2D eigenvalue weighted by molar-refractivity contribution is -0.144. The monoisotopic (exact) mass is 256 g/mol. The summed E-state index contributed by atoms with van der Waals surface area (Å²) in [4.78, 5) is 23.5. The van der Waals surface area contributed by atoms with Crippen molar-refractivity contribution in [2.45, 2.75) is 58.0 Å². The first kappa shape index (κ1) is 15.0. The molecule has 18 heavy (non-hydrogen) atoms. The van der Waals surface area contributed by atoms with Crippen LogP contribution in [-0.2, 0) is 9.59 Å². The fourth-order valence-corrected chi connectivity index (χ4v) is 2.55. The van der Waals surface area contributed by atoms with Gasteiger partial charge in [-0.25, -0.2) is 4.79 Å². The van der Waals surface area contributed by atoms with E-state index in [1.54, 1.807) is 13.8 Å². The maximum atomic E-state index is 12.3. The highest BCUT2D eigenvalue weighted by molar-refractivity contribution is 5.90. The largest absolute Gasteiger partial charge is 0.480 e. The summed E-state index contributed by atoms with van der Waals surface area (Å²) < 4.78 is 0. The molecule has 1 unspecified atom stereocenters. The number of hydrogen-bond donors (Lipinski definition) is 3. The third-order valence-electron chi connectivity index (χ3n) is 3.57. The highest BCUT2D eigenvalue weighted by atomic mass is 16.4. The zero-order valence-corrected chi connectivity index (χ0v) is 11.5. The SMILES string of the molecule is CCCC1(C(=O)N[C@H](C(=O)O)C(C)C)CCCN1. The summed E-state index contributed by atoms with van der Waals surface area (Å²) in [7, 11) is 0. The van der Waals surface area contributed by atoms with Crippen molar-refractivity contribution in [3.63, 3.8) is 0 Å². The van der Waals surface area contributed by atoms with E-state index in [2.05, 4.69) is 10.6 Å². The van der Waals surface area contributed by atoms with Crippen LogP contribution in [0.15, 0.2) is 0 Å². The predicted molar refractivity (Wildman–Crippen MR) is 69.3 cm³/mol. The lowest BCUT2D eigenvalue weighted by atomic mass is 9.90. The molecule has 0 aromatic rings. The number of carbonyl (C=O) groups excluding carboxylic acids is 1. The fraction of sp³-hybridized carbons (Fsp3) is 0.846. The highest BCUT2D eigenvalue weighted by Crippen LogP contribution is 2.25. The third-order valence-corrected chi connectivity index (χ3v) is 3.57. The highest BCUT2D eigenvalue weighted by Gasteiger charge is 2.41. The van der Waals surface area contributed by atoms with Gasteiger partial charge in [0.05, 0.1) is 5.54 Å². The Morgan fingerprint density at radius 1 is 1.44 bits per heavy atom. The Bertz CT molecular complexity index is 309. The van der Waals surface area contributed by atoms with Crippen LogP contribution in [0.2, 0.25) is 0 Å². The molecule has 1 aliphatic rings. The molecule has 5 nitrogen and oxygen atoms in total. The van der Waals surface area contributed by atoms with Gasteiger partial charge in [0.2, 0.25) is 5.91 Å². The summed E-state index contributed by atoms with van der Waals surface area (Å²) in [5.74, 6) is -1.25. The second-order valence-electron chi connectivity index (χ2n) is 5.40. The van der Waals surface area contributed by atoms with Crippen molar-refractivity contribution in [3.8, 4) is 0 Å². The molecule has 5 heteroatoms. The fourth-order valence-electron chi connectivity index (χ4n) is 2.55. The molecule has 0 aliphatic carbocycles. The molecule has 1 fully saturated rings. The van der Waals surface area contributed by atoms with Crippen molar-refractivity contribution in [1.29, 1.82) is 0 Å². The summed E-state index contributed by atoms with van der Waals surface area (Å²) in [6, 6.07) is -0.811. The first-order chi connectivity index (χ1) is 8.43. The minimum absolute atomic E-state index is 0.119. The van der Waals surface area contributed by atoms with Crippen LogP contribution >= 0.6 is 0 Å². The van der Waals surface area contributed by atoms with Gasteiger partial charge in [-0.1, -0.05) is 27.2 Å². The molecule has 1 rings (SSSR count). The lowest BCUT2D eigenvalue weighted by Gasteiger charge is -2.30. The summed E-state index contributed by atoms with van der Waals surface area (Å²) in [6.07, 6.45) is 3.41. The van der Waals surface area contributed by atoms with Crippen LogP contribution in [0.25, 0.3) is 0 Å². The van der Waals surface area contributed by atoms with E-state index in [1.165, 1.54) is 0 Å². The molecule has 0 saturated carbocycles. The van der Waals surface area contributed by atoms with Gasteiger partial charge in [0, 0.05) is 0 Å². The standard InChI is InChI=1S/C13H24N2O3/c1-4-6-13(7-5-8-14-13)12(18)15-10(9(2)3)11(16)17/h9-10,14H,4-8H2,1-3H3,(H,15,18)(H,16,17)/t10-,13?/m0/s1. The molecule has 1 heterocycles. The maximum absolute atomic E-state index is 12.3. The van der Waals surface area contributed by atoms with E-state index in [0.717, 1.165) is 32.2 Å². The molecule has 0 radical (unpaired) electrons. The minimum Gasteiger partial charge on any atom is -0.480 e. The van der Waals surface area contributed by atoms with Gasteiger partial charge < -0.3 is 15.7 Å². The van der Waals surface area contributed by atoms with Crippen molar-refractivity contribution in [1.82, 2.24) is 10.6 Å². The van der Waals surface area contributed by atoms with Crippen LogP contribution in [0.5, 0.6) is 0 Å². The lowest BCUT2D eigenvalue weighted by Crippen LogP contribution is -2.58. The number of nitrogens with one attached hydrogen (secondary N) is 2. The van der Waals surface area contributed by atoms with Gasteiger partial charge in [0.25, 0.3) is 0 Å². The average molecular weight is 256 g/mol. The third kappa shape index (κ3) is 3.22. The van der Waals surface area contributed by atoms with E-state index in [0.29, 0.717) is 0 Å². The van der Waals surface area contributed by atoms with Gasteiger partial charge in [-0.05, 0) is 31.7 Å². The Labute approximate surface area is 108 Å². The first-order valence-electron chi connectivity index (χ1n) is 6.72. The number of hydrogen-bond acceptors (Lipinski definition) is 3. The Balaban J connectivity index is 2.75. The van der Waals surface area contributed by atoms with E-state index in [4.69, 9.17) is 5.11 Å². The molecule has 3 N–H and O–H groups in total. The van der Waals surface area contributed by atoms with Crippen LogP contribution in [0, 0.1) is 5.92 Å². The summed E-state index contributed by atoms with van der Waals surface area (Å²) >= 11 is 0. The molecular weight excluding hydrogens is 232 g/mol. The number of carboxylic acid groups (broad SMARTS) is 1. The summed E-state index contributed by atoms with van der Waals surface area (Å²) in [5.41, 5.74) is -0.558. The molecule has 0 aromatic heterocycles. The number of rotatable bonds is 6. The number of amides is 1. The van der Waals surface area contributed by atoms with Gasteiger partial charge in [-0.3, -0.25) is 4.79 Å². The zero-order valence-electron chi connectivity index (χ0n) is 11.5. The normalized spacial score (nSPS) is 25.1. The summed E-state index contributed by atoms with van der Waals surface area (Å²) in [6.45, 7) is 6.46. The topological polar surface area (TPSA) is 78.4 Å². The van der Waals surface area contributed by atoms with E-state index in [9.17, 15) is 9.59 Å². The number of carbonyl (C=O) groups is 2. The zero-order chi connectivity index (χ0) is 13.8. The number of aliphatic carboxylic acids is 1. The molecule has 104 valence electrons. The van der Waals surface area contributed by atoms with E-state index in [-0.39, 0.29) is 11.8 Å². The van der Waals surface area contributed by atoms with Crippen LogP contribution in [-0.4, -0.2) is 35.1 Å². The quantitative estimate of drug-likeness (QED) is 0.666. The Morgan fingerprint density at radius 2 is 2.11 bits per heavy atom. The molecule has 0 bridgehead atoms. The first-order valence-corrected chi connectivity index (χ1v) is 6.72. The average Bonchev–Trinajstić information content (AvgIpc) is 2.75. The molecule has 0 spiro atoms. The molecule has 0 aromatic carbocycles. The molecule has 1 aliphatic heterocycles. The second kappa shape index (κ2) is 6.18. The maximum Gasteiger partial charge on any atom is 0.326 e. The number of carboxylic acids is 1. The Kier molecular flexibility index (Phi) is 5.14. The molecule has 1 saturated heterocycles. The van der Waals surface area contributed by atoms with Crippen LogP contribution in [0.1, 0.15) is 46.5 Å². The smallest absolute Gasteiger partial charge is 0.326 e. The minimum atomic E-state index is -0.969.